The summed E-state index contributed by atoms with van der Waals surface area (Å²) in [5.74, 6) is -0.743. The van der Waals surface area contributed by atoms with E-state index < -0.39 is 0 Å². The third-order valence-electron chi connectivity index (χ3n) is 2.20. The van der Waals surface area contributed by atoms with Crippen LogP contribution in [0.5, 0.6) is 0 Å². The van der Waals surface area contributed by atoms with Crippen molar-refractivity contribution >= 4 is 11.9 Å². The topological polar surface area (TPSA) is 133 Å². The maximum Gasteiger partial charge on any atom is 0.212 e. The van der Waals surface area contributed by atoms with E-state index in [9.17, 15) is 0 Å². The molecule has 7 nitrogen and oxygen atoms in total. The summed E-state index contributed by atoms with van der Waals surface area (Å²) < 4.78 is 0. The van der Waals surface area contributed by atoms with Crippen molar-refractivity contribution in [3.05, 3.63) is 60.7 Å². The Bertz CT molecular complexity index is 507. The van der Waals surface area contributed by atoms with Crippen molar-refractivity contribution in [3.8, 4) is 11.1 Å². The molecule has 2 aromatic carbocycles. The van der Waals surface area contributed by atoms with Gasteiger partial charge in [-0.25, -0.2) is 11.0 Å². The molecule has 0 heterocycles. The van der Waals surface area contributed by atoms with Crippen LogP contribution in [0.1, 0.15) is 0 Å². The molecule has 0 aliphatic carbocycles. The van der Waals surface area contributed by atoms with E-state index >= 15 is 0 Å². The molecule has 110 valence electrons. The second-order valence-corrected chi connectivity index (χ2v) is 3.87. The van der Waals surface area contributed by atoms with Crippen LogP contribution in [0.25, 0.3) is 11.1 Å². The summed E-state index contributed by atoms with van der Waals surface area (Å²) in [6.07, 6.45) is 0. The van der Waals surface area contributed by atoms with Gasteiger partial charge in [0.15, 0.2) is 0 Å². The van der Waals surface area contributed by atoms with Crippen molar-refractivity contribution in [1.29, 1.82) is 10.8 Å². The molecule has 0 bridgehead atoms. The number of hydrogen-bond acceptors (Lipinski definition) is 3. The molecule has 0 saturated carbocycles. The molecule has 0 aliphatic rings. The Kier molecular flexibility index (Phi) is 6.81. The van der Waals surface area contributed by atoms with Crippen LogP contribution in [0, 0.1) is 10.8 Å². The fraction of sp³-hybridized carbons (Fsp3) is 0. The Morgan fingerprint density at radius 1 is 0.714 bits per heavy atom. The summed E-state index contributed by atoms with van der Waals surface area (Å²) in [5.41, 5.74) is 15.9. The molecule has 0 saturated heterocycles. The van der Waals surface area contributed by atoms with Gasteiger partial charge >= 0.3 is 0 Å². The fourth-order valence-electron chi connectivity index (χ4n) is 1.40. The van der Waals surface area contributed by atoms with Gasteiger partial charge in [-0.05, 0) is 11.1 Å². The quantitative estimate of drug-likeness (QED) is 0.286. The highest BCUT2D eigenvalue weighted by Crippen LogP contribution is 2.17. The smallest absolute Gasteiger partial charge is 0.212 e. The van der Waals surface area contributed by atoms with Gasteiger partial charge in [-0.2, -0.15) is 4.94 Å². The van der Waals surface area contributed by atoms with Crippen molar-refractivity contribution in [1.82, 2.24) is 11.0 Å². The lowest BCUT2D eigenvalue weighted by molar-refractivity contribution is 0.0345. The zero-order valence-corrected chi connectivity index (χ0v) is 11.3. The third kappa shape index (κ3) is 7.19. The summed E-state index contributed by atoms with van der Waals surface area (Å²) in [4.78, 5) is 4.16. The molecule has 0 aliphatic heterocycles. The lowest BCUT2D eigenvalue weighted by atomic mass is 10.1. The summed E-state index contributed by atoms with van der Waals surface area (Å²) >= 11 is 0. The van der Waals surface area contributed by atoms with E-state index in [0.717, 1.165) is 0 Å². The van der Waals surface area contributed by atoms with Crippen LogP contribution >= 0.6 is 0 Å². The first-order valence-electron chi connectivity index (χ1n) is 6.06. The van der Waals surface area contributed by atoms with E-state index in [0.29, 0.717) is 0 Å². The van der Waals surface area contributed by atoms with Crippen molar-refractivity contribution in [2.75, 3.05) is 0 Å². The minimum Gasteiger partial charge on any atom is -0.368 e. The van der Waals surface area contributed by atoms with Crippen LogP contribution < -0.4 is 22.4 Å². The molecule has 0 spiro atoms. The predicted molar refractivity (Wildman–Crippen MR) is 83.1 cm³/mol. The van der Waals surface area contributed by atoms with Crippen molar-refractivity contribution in [3.63, 3.8) is 0 Å². The Hall–Kier alpha value is -3.06. The molecule has 21 heavy (non-hydrogen) atoms. The molecule has 0 fully saturated rings. The zero-order chi connectivity index (χ0) is 15.5. The first-order valence-corrected chi connectivity index (χ1v) is 6.06. The molecule has 7 heteroatoms. The van der Waals surface area contributed by atoms with E-state index in [1.807, 2.05) is 23.1 Å². The molecular formula is C14H18N6O. The SMILES string of the molecule is N=C(N)NONC(=N)N.c1ccc(-c2ccccc2)cc1. The van der Waals surface area contributed by atoms with Crippen molar-refractivity contribution < 1.29 is 4.94 Å². The highest BCUT2D eigenvalue weighted by molar-refractivity contribution is 5.74. The molecule has 0 aromatic heterocycles. The molecular weight excluding hydrogens is 268 g/mol. The van der Waals surface area contributed by atoms with Gasteiger partial charge in [0.25, 0.3) is 0 Å². The van der Waals surface area contributed by atoms with Gasteiger partial charge in [-0.15, -0.1) is 0 Å². The summed E-state index contributed by atoms with van der Waals surface area (Å²) in [6.45, 7) is 0. The average molecular weight is 286 g/mol. The second-order valence-electron chi connectivity index (χ2n) is 3.87. The van der Waals surface area contributed by atoms with Gasteiger partial charge in [0.1, 0.15) is 0 Å². The number of hydroxylamine groups is 2. The van der Waals surface area contributed by atoms with Crippen LogP contribution in [0.2, 0.25) is 0 Å². The number of nitrogens with one attached hydrogen (secondary N) is 4. The fourth-order valence-corrected chi connectivity index (χ4v) is 1.40. The normalized spacial score (nSPS) is 8.95. The summed E-state index contributed by atoms with van der Waals surface area (Å²) in [7, 11) is 0. The predicted octanol–water partition coefficient (Wildman–Crippen LogP) is 1.15. The van der Waals surface area contributed by atoms with Crippen LogP contribution in [-0.4, -0.2) is 11.9 Å². The van der Waals surface area contributed by atoms with Gasteiger partial charge in [-0.1, -0.05) is 60.7 Å². The van der Waals surface area contributed by atoms with Gasteiger partial charge in [-0.3, -0.25) is 10.8 Å². The molecule has 2 aromatic rings. The highest BCUT2D eigenvalue weighted by Gasteiger charge is 1.91. The van der Waals surface area contributed by atoms with E-state index in [1.165, 1.54) is 11.1 Å². The van der Waals surface area contributed by atoms with Gasteiger partial charge in [0, 0.05) is 0 Å². The zero-order valence-electron chi connectivity index (χ0n) is 11.3. The first-order chi connectivity index (χ1) is 10.1. The molecule has 0 radical (unpaired) electrons. The van der Waals surface area contributed by atoms with Crippen LogP contribution in [0.15, 0.2) is 60.7 Å². The third-order valence-corrected chi connectivity index (χ3v) is 2.20. The van der Waals surface area contributed by atoms with Crippen LogP contribution in [-0.2, 0) is 4.94 Å². The molecule has 2 rings (SSSR count). The monoisotopic (exact) mass is 286 g/mol. The minimum absolute atomic E-state index is 0.372. The van der Waals surface area contributed by atoms with Crippen molar-refractivity contribution in [2.24, 2.45) is 11.5 Å². The lowest BCUT2D eigenvalue weighted by Gasteiger charge is -2.02. The van der Waals surface area contributed by atoms with Crippen molar-refractivity contribution in [2.45, 2.75) is 0 Å². The first kappa shape index (κ1) is 16.0. The summed E-state index contributed by atoms with van der Waals surface area (Å²) in [5, 5.41) is 13.1. The molecule has 0 amide bonds. The van der Waals surface area contributed by atoms with Gasteiger partial charge < -0.3 is 11.5 Å². The Morgan fingerprint density at radius 2 is 1.05 bits per heavy atom. The standard InChI is InChI=1S/C12H10.C2H8N6O/c1-3-7-11(8-4-1)12-9-5-2-6-10-12;3-1(4)7-9-8-2(5)6/h1-10H;(H4,3,4,7)(H4,5,6,8). The maximum atomic E-state index is 6.53. The minimum atomic E-state index is -0.372. The van der Waals surface area contributed by atoms with Crippen LogP contribution in [0.4, 0.5) is 0 Å². The number of nitrogens with two attached hydrogens (primary N) is 2. The molecule has 0 atom stereocenters. The van der Waals surface area contributed by atoms with E-state index in [1.54, 1.807) is 0 Å². The Balaban J connectivity index is 0.000000222. The molecule has 0 unspecified atom stereocenters. The second kappa shape index (κ2) is 8.94. The van der Waals surface area contributed by atoms with E-state index in [4.69, 9.17) is 22.3 Å². The van der Waals surface area contributed by atoms with E-state index in [-0.39, 0.29) is 11.9 Å². The summed E-state index contributed by atoms with van der Waals surface area (Å²) in [6, 6.07) is 20.8. The molecule has 8 N–H and O–H groups in total. The largest absolute Gasteiger partial charge is 0.368 e. The maximum absolute atomic E-state index is 6.53. The Labute approximate surface area is 122 Å². The number of rotatable bonds is 3. The lowest BCUT2D eigenvalue weighted by Crippen LogP contribution is -2.40. The van der Waals surface area contributed by atoms with Gasteiger partial charge in [0.2, 0.25) is 11.9 Å². The van der Waals surface area contributed by atoms with Gasteiger partial charge in [0.05, 0.1) is 0 Å². The number of guanidine groups is 2. The number of benzene rings is 2. The number of hydrogen-bond donors (Lipinski definition) is 6. The van der Waals surface area contributed by atoms with E-state index in [2.05, 4.69) is 53.5 Å². The highest BCUT2D eigenvalue weighted by atomic mass is 16.8. The van der Waals surface area contributed by atoms with Crippen LogP contribution in [0.3, 0.4) is 0 Å². The Morgan fingerprint density at radius 3 is 1.33 bits per heavy atom. The average Bonchev–Trinajstić information content (AvgIpc) is 2.49.